The summed E-state index contributed by atoms with van der Waals surface area (Å²) in [4.78, 5) is 0. The molecule has 0 aliphatic heterocycles. The average molecular weight is 176 g/mol. The van der Waals surface area contributed by atoms with Gasteiger partial charge in [0.25, 0.3) is 0 Å². The Morgan fingerprint density at radius 2 is 2.00 bits per heavy atom. The molecular weight excluding hydrogens is 160 g/mol. The lowest BCUT2D eigenvalue weighted by atomic mass is 10.2. The number of aryl methyl sites for hydroxylation is 1. The molecule has 0 bridgehead atoms. The number of rotatable bonds is 4. The van der Waals surface area contributed by atoms with Crippen molar-refractivity contribution in [3.8, 4) is 0 Å². The summed E-state index contributed by atoms with van der Waals surface area (Å²) < 4.78 is 5.50. The number of ether oxygens (including phenoxy) is 1. The third-order valence-corrected chi connectivity index (χ3v) is 1.97. The van der Waals surface area contributed by atoms with Gasteiger partial charge in [-0.3, -0.25) is 0 Å². The van der Waals surface area contributed by atoms with E-state index in [1.807, 2.05) is 6.92 Å². The monoisotopic (exact) mass is 176 g/mol. The molecule has 0 N–H and O–H groups in total. The van der Waals surface area contributed by atoms with Crippen LogP contribution in [0.25, 0.3) is 0 Å². The van der Waals surface area contributed by atoms with Crippen molar-refractivity contribution >= 4 is 0 Å². The van der Waals surface area contributed by atoms with Crippen LogP contribution in [0, 0.1) is 6.92 Å². The highest BCUT2D eigenvalue weighted by Gasteiger charge is 1.96. The van der Waals surface area contributed by atoms with Crippen molar-refractivity contribution in [1.82, 2.24) is 0 Å². The molecule has 0 saturated carbocycles. The normalized spacial score (nSPS) is 12.5. The van der Waals surface area contributed by atoms with E-state index in [9.17, 15) is 0 Å². The number of hydrogen-bond donors (Lipinski definition) is 0. The van der Waals surface area contributed by atoms with Crippen molar-refractivity contribution in [2.24, 2.45) is 0 Å². The molecular formula is C12H16O. The summed E-state index contributed by atoms with van der Waals surface area (Å²) in [6.07, 6.45) is 1.93. The lowest BCUT2D eigenvalue weighted by Gasteiger charge is -2.08. The first-order valence-electron chi connectivity index (χ1n) is 4.52. The largest absolute Gasteiger partial charge is 0.370 e. The molecule has 1 unspecified atom stereocenters. The van der Waals surface area contributed by atoms with E-state index < -0.39 is 0 Å². The van der Waals surface area contributed by atoms with Gasteiger partial charge in [-0.1, -0.05) is 35.9 Å². The van der Waals surface area contributed by atoms with E-state index in [0.717, 1.165) is 0 Å². The fourth-order valence-electron chi connectivity index (χ4n) is 0.980. The zero-order chi connectivity index (χ0) is 9.68. The van der Waals surface area contributed by atoms with E-state index in [1.165, 1.54) is 11.1 Å². The van der Waals surface area contributed by atoms with Crippen molar-refractivity contribution in [2.45, 2.75) is 26.6 Å². The summed E-state index contributed by atoms with van der Waals surface area (Å²) >= 11 is 0. The Balaban J connectivity index is 2.45. The van der Waals surface area contributed by atoms with Crippen LogP contribution in [0.3, 0.4) is 0 Å². The molecule has 1 aromatic carbocycles. The molecule has 0 aliphatic carbocycles. The summed E-state index contributed by atoms with van der Waals surface area (Å²) in [6.45, 7) is 8.39. The molecule has 0 aliphatic rings. The molecule has 1 nitrogen and oxygen atoms in total. The Morgan fingerprint density at radius 3 is 2.54 bits per heavy atom. The number of benzene rings is 1. The van der Waals surface area contributed by atoms with Crippen LogP contribution in [0.2, 0.25) is 0 Å². The summed E-state index contributed by atoms with van der Waals surface area (Å²) in [5, 5.41) is 0. The van der Waals surface area contributed by atoms with Gasteiger partial charge in [0.05, 0.1) is 12.7 Å². The topological polar surface area (TPSA) is 9.23 Å². The van der Waals surface area contributed by atoms with Gasteiger partial charge in [-0.15, -0.1) is 6.58 Å². The van der Waals surface area contributed by atoms with Crippen LogP contribution in [0.4, 0.5) is 0 Å². The highest BCUT2D eigenvalue weighted by atomic mass is 16.5. The molecule has 0 heterocycles. The molecule has 1 aromatic rings. The van der Waals surface area contributed by atoms with Gasteiger partial charge in [0.2, 0.25) is 0 Å². The van der Waals surface area contributed by atoms with Gasteiger partial charge >= 0.3 is 0 Å². The maximum Gasteiger partial charge on any atom is 0.0729 e. The van der Waals surface area contributed by atoms with Crippen LogP contribution >= 0.6 is 0 Å². The molecule has 1 rings (SSSR count). The first-order valence-corrected chi connectivity index (χ1v) is 4.52. The Kier molecular flexibility index (Phi) is 3.71. The Labute approximate surface area is 80.0 Å². The summed E-state index contributed by atoms with van der Waals surface area (Å²) in [5.41, 5.74) is 2.49. The molecule has 0 amide bonds. The van der Waals surface area contributed by atoms with E-state index in [1.54, 1.807) is 6.08 Å². The van der Waals surface area contributed by atoms with E-state index in [2.05, 4.69) is 37.8 Å². The zero-order valence-corrected chi connectivity index (χ0v) is 8.29. The van der Waals surface area contributed by atoms with Crippen LogP contribution in [0.15, 0.2) is 36.9 Å². The smallest absolute Gasteiger partial charge is 0.0729 e. The summed E-state index contributed by atoms with van der Waals surface area (Å²) in [6, 6.07) is 8.37. The van der Waals surface area contributed by atoms with Gasteiger partial charge in [0, 0.05) is 0 Å². The Hall–Kier alpha value is -1.08. The lowest BCUT2D eigenvalue weighted by Crippen LogP contribution is -2.03. The highest BCUT2D eigenvalue weighted by molar-refractivity contribution is 5.20. The molecule has 13 heavy (non-hydrogen) atoms. The van der Waals surface area contributed by atoms with E-state index in [4.69, 9.17) is 4.74 Å². The van der Waals surface area contributed by atoms with Crippen LogP contribution < -0.4 is 0 Å². The molecule has 0 aromatic heterocycles. The Bertz CT molecular complexity index is 261. The average Bonchev–Trinajstić information content (AvgIpc) is 2.16. The molecule has 0 spiro atoms. The highest BCUT2D eigenvalue weighted by Crippen LogP contribution is 2.06. The minimum atomic E-state index is 0.126. The molecule has 0 radical (unpaired) electrons. The van der Waals surface area contributed by atoms with Crippen LogP contribution in [0.5, 0.6) is 0 Å². The van der Waals surface area contributed by atoms with Gasteiger partial charge in [0.1, 0.15) is 0 Å². The van der Waals surface area contributed by atoms with Crippen molar-refractivity contribution in [1.29, 1.82) is 0 Å². The number of hydrogen-bond acceptors (Lipinski definition) is 1. The molecule has 70 valence electrons. The lowest BCUT2D eigenvalue weighted by molar-refractivity contribution is 0.0843. The second-order valence-electron chi connectivity index (χ2n) is 3.24. The fourth-order valence-corrected chi connectivity index (χ4v) is 0.980. The second-order valence-corrected chi connectivity index (χ2v) is 3.24. The maximum absolute atomic E-state index is 5.50. The van der Waals surface area contributed by atoms with Gasteiger partial charge in [0.15, 0.2) is 0 Å². The SMILES string of the molecule is C=CC(C)OCc1ccc(C)cc1. The third-order valence-electron chi connectivity index (χ3n) is 1.97. The molecule has 1 heteroatoms. The standard InChI is InChI=1S/C12H16O/c1-4-11(3)13-9-12-7-5-10(2)6-8-12/h4-8,11H,1,9H2,2-3H3. The van der Waals surface area contributed by atoms with E-state index in [-0.39, 0.29) is 6.10 Å². The summed E-state index contributed by atoms with van der Waals surface area (Å²) in [7, 11) is 0. The molecule has 0 fully saturated rings. The first-order chi connectivity index (χ1) is 6.22. The van der Waals surface area contributed by atoms with Crippen molar-refractivity contribution < 1.29 is 4.74 Å². The van der Waals surface area contributed by atoms with Crippen LogP contribution in [-0.2, 0) is 11.3 Å². The van der Waals surface area contributed by atoms with Crippen molar-refractivity contribution in [3.05, 3.63) is 48.0 Å². The predicted molar refractivity (Wildman–Crippen MR) is 55.6 cm³/mol. The van der Waals surface area contributed by atoms with Gasteiger partial charge in [-0.25, -0.2) is 0 Å². The fraction of sp³-hybridized carbons (Fsp3) is 0.333. The molecule has 1 atom stereocenters. The van der Waals surface area contributed by atoms with Gasteiger partial charge in [-0.2, -0.15) is 0 Å². The van der Waals surface area contributed by atoms with E-state index in [0.29, 0.717) is 6.61 Å². The van der Waals surface area contributed by atoms with E-state index >= 15 is 0 Å². The maximum atomic E-state index is 5.50. The van der Waals surface area contributed by atoms with Gasteiger partial charge in [-0.05, 0) is 19.4 Å². The van der Waals surface area contributed by atoms with Crippen LogP contribution in [-0.4, -0.2) is 6.10 Å². The summed E-state index contributed by atoms with van der Waals surface area (Å²) in [5.74, 6) is 0. The third kappa shape index (κ3) is 3.43. The Morgan fingerprint density at radius 1 is 1.38 bits per heavy atom. The van der Waals surface area contributed by atoms with Gasteiger partial charge < -0.3 is 4.74 Å². The predicted octanol–water partition coefficient (Wildman–Crippen LogP) is 3.09. The minimum absolute atomic E-state index is 0.126. The second kappa shape index (κ2) is 4.83. The van der Waals surface area contributed by atoms with Crippen molar-refractivity contribution in [2.75, 3.05) is 0 Å². The molecule has 0 saturated heterocycles. The quantitative estimate of drug-likeness (QED) is 0.640. The van der Waals surface area contributed by atoms with Crippen LogP contribution in [0.1, 0.15) is 18.1 Å². The zero-order valence-electron chi connectivity index (χ0n) is 8.29. The minimum Gasteiger partial charge on any atom is -0.370 e. The van der Waals surface area contributed by atoms with Crippen molar-refractivity contribution in [3.63, 3.8) is 0 Å². The first kappa shape index (κ1) is 10.0.